The second kappa shape index (κ2) is 3.27. The first-order valence-electron chi connectivity index (χ1n) is 3.75. The second-order valence-electron chi connectivity index (χ2n) is 2.70. The van der Waals surface area contributed by atoms with Crippen molar-refractivity contribution >= 4 is 43.0 Å². The Hall–Kier alpha value is -0.610. The van der Waals surface area contributed by atoms with Gasteiger partial charge in [0.05, 0.1) is 9.58 Å². The lowest BCUT2D eigenvalue weighted by atomic mass is 10.2. The highest BCUT2D eigenvalue weighted by Crippen LogP contribution is 2.34. The summed E-state index contributed by atoms with van der Waals surface area (Å²) in [5, 5.41) is 1.16. The predicted molar refractivity (Wildman–Crippen MR) is 58.8 cm³/mol. The van der Waals surface area contributed by atoms with Crippen LogP contribution in [0.5, 0.6) is 0 Å². The Morgan fingerprint density at radius 3 is 2.85 bits per heavy atom. The lowest BCUT2D eigenvalue weighted by molar-refractivity contribution is 0.636. The first kappa shape index (κ1) is 8.97. The van der Waals surface area contributed by atoms with E-state index in [1.54, 1.807) is 18.2 Å². The molecule has 13 heavy (non-hydrogen) atoms. The van der Waals surface area contributed by atoms with Gasteiger partial charge in [-0.1, -0.05) is 28.1 Å². The number of hydrogen-bond acceptors (Lipinski definition) is 2. The Kier molecular flexibility index (Phi) is 2.26. The Bertz CT molecular complexity index is 452. The number of fused-ring (bicyclic) bond motifs is 1. The van der Waals surface area contributed by atoms with Crippen molar-refractivity contribution in [2.45, 2.75) is 5.33 Å². The fourth-order valence-electron chi connectivity index (χ4n) is 1.25. The first-order chi connectivity index (χ1) is 6.24. The van der Waals surface area contributed by atoms with Crippen LogP contribution in [0.25, 0.3) is 10.1 Å². The van der Waals surface area contributed by atoms with E-state index in [4.69, 9.17) is 5.73 Å². The monoisotopic (exact) mass is 259 g/mol. The van der Waals surface area contributed by atoms with Gasteiger partial charge in [-0.15, -0.1) is 11.3 Å². The van der Waals surface area contributed by atoms with E-state index in [0.717, 1.165) is 4.70 Å². The summed E-state index contributed by atoms with van der Waals surface area (Å²) >= 11 is 4.64. The Labute approximate surface area is 87.5 Å². The average molecular weight is 260 g/mol. The molecule has 0 unspecified atom stereocenters. The minimum Gasteiger partial charge on any atom is -0.398 e. The summed E-state index contributed by atoms with van der Waals surface area (Å²) in [5.41, 5.74) is 6.37. The lowest BCUT2D eigenvalue weighted by Gasteiger charge is -1.92. The molecule has 0 aliphatic heterocycles. The van der Waals surface area contributed by atoms with Crippen LogP contribution in [0.2, 0.25) is 0 Å². The molecule has 2 aromatic rings. The van der Waals surface area contributed by atoms with Crippen molar-refractivity contribution in [2.24, 2.45) is 0 Å². The lowest BCUT2D eigenvalue weighted by Crippen LogP contribution is -1.82. The normalized spacial score (nSPS) is 10.9. The highest BCUT2D eigenvalue weighted by atomic mass is 79.9. The molecule has 2 rings (SSSR count). The Balaban J connectivity index is 2.83. The highest BCUT2D eigenvalue weighted by Gasteiger charge is 2.11. The molecule has 68 valence electrons. The molecule has 0 bridgehead atoms. The molecule has 1 nitrogen and oxygen atoms in total. The van der Waals surface area contributed by atoms with Crippen molar-refractivity contribution in [1.82, 2.24) is 0 Å². The molecule has 1 aromatic heterocycles. The summed E-state index contributed by atoms with van der Waals surface area (Å²) in [6.07, 6.45) is 0. The molecule has 0 saturated carbocycles. The number of anilines is 1. The second-order valence-corrected chi connectivity index (χ2v) is 4.36. The van der Waals surface area contributed by atoms with Crippen LogP contribution >= 0.6 is 27.3 Å². The number of thiophene rings is 1. The summed E-state index contributed by atoms with van der Waals surface area (Å²) in [5.74, 6) is -0.149. The third kappa shape index (κ3) is 1.34. The van der Waals surface area contributed by atoms with E-state index in [1.807, 2.05) is 0 Å². The molecule has 4 heteroatoms. The highest BCUT2D eigenvalue weighted by molar-refractivity contribution is 9.08. The van der Waals surface area contributed by atoms with Crippen LogP contribution in [0.4, 0.5) is 10.1 Å². The summed E-state index contributed by atoms with van der Waals surface area (Å²) in [4.78, 5) is 0.702. The van der Waals surface area contributed by atoms with Gasteiger partial charge in [0, 0.05) is 16.4 Å². The number of nitrogens with two attached hydrogens (primary N) is 1. The predicted octanol–water partition coefficient (Wildman–Crippen LogP) is 3.52. The zero-order valence-corrected chi connectivity index (χ0v) is 9.08. The van der Waals surface area contributed by atoms with E-state index in [2.05, 4.69) is 15.9 Å². The molecule has 0 aliphatic rings. The van der Waals surface area contributed by atoms with Gasteiger partial charge in [-0.3, -0.25) is 0 Å². The maximum Gasteiger partial charge on any atom is 0.145 e. The minimum absolute atomic E-state index is 0.149. The maximum absolute atomic E-state index is 13.5. The van der Waals surface area contributed by atoms with Gasteiger partial charge in [-0.25, -0.2) is 4.39 Å². The molecule has 0 radical (unpaired) electrons. The minimum atomic E-state index is -0.149. The van der Waals surface area contributed by atoms with Crippen molar-refractivity contribution < 1.29 is 4.39 Å². The number of halogens is 2. The molecule has 2 N–H and O–H groups in total. The van der Waals surface area contributed by atoms with E-state index < -0.39 is 0 Å². The molecule has 0 saturated heterocycles. The number of rotatable bonds is 1. The topological polar surface area (TPSA) is 26.0 Å². The summed E-state index contributed by atoms with van der Waals surface area (Å²) in [7, 11) is 0. The fraction of sp³-hybridized carbons (Fsp3) is 0.111. The van der Waals surface area contributed by atoms with Crippen LogP contribution in [0.1, 0.15) is 4.88 Å². The van der Waals surface area contributed by atoms with E-state index in [0.29, 0.717) is 21.3 Å². The zero-order chi connectivity index (χ0) is 9.42. The van der Waals surface area contributed by atoms with Gasteiger partial charge in [-0.05, 0) is 6.07 Å². The standard InChI is InChI=1S/C9H7BrFNS/c10-4-7-8(11)5-2-1-3-6(12)9(5)13-7/h1-3H,4,12H2. The molecular formula is C9H7BrFNS. The van der Waals surface area contributed by atoms with Crippen molar-refractivity contribution in [3.05, 3.63) is 28.9 Å². The smallest absolute Gasteiger partial charge is 0.145 e. The quantitative estimate of drug-likeness (QED) is 0.616. The maximum atomic E-state index is 13.5. The van der Waals surface area contributed by atoms with Crippen LogP contribution < -0.4 is 5.73 Å². The molecule has 1 aromatic carbocycles. The van der Waals surface area contributed by atoms with Crippen molar-refractivity contribution in [2.75, 3.05) is 5.73 Å². The van der Waals surface area contributed by atoms with Crippen molar-refractivity contribution in [3.63, 3.8) is 0 Å². The van der Waals surface area contributed by atoms with Gasteiger partial charge in [-0.2, -0.15) is 0 Å². The van der Waals surface area contributed by atoms with Gasteiger partial charge < -0.3 is 5.73 Å². The molecule has 0 aliphatic carbocycles. The van der Waals surface area contributed by atoms with E-state index in [9.17, 15) is 4.39 Å². The van der Waals surface area contributed by atoms with E-state index in [-0.39, 0.29) is 5.82 Å². The Morgan fingerprint density at radius 2 is 2.23 bits per heavy atom. The molecule has 0 amide bonds. The zero-order valence-electron chi connectivity index (χ0n) is 6.68. The van der Waals surface area contributed by atoms with Crippen molar-refractivity contribution in [3.8, 4) is 0 Å². The SMILES string of the molecule is Nc1cccc2c(F)c(CBr)sc12. The van der Waals surface area contributed by atoms with E-state index >= 15 is 0 Å². The number of alkyl halides is 1. The van der Waals surface area contributed by atoms with Gasteiger partial charge in [0.15, 0.2) is 0 Å². The van der Waals surface area contributed by atoms with Gasteiger partial charge in [0.1, 0.15) is 5.82 Å². The van der Waals surface area contributed by atoms with E-state index in [1.165, 1.54) is 11.3 Å². The molecule has 0 spiro atoms. The largest absolute Gasteiger partial charge is 0.398 e. The molecule has 0 fully saturated rings. The number of hydrogen-bond donors (Lipinski definition) is 1. The molecule has 0 atom stereocenters. The summed E-state index contributed by atoms with van der Waals surface area (Å²) in [6, 6.07) is 5.31. The number of benzene rings is 1. The number of nitrogen functional groups attached to an aromatic ring is 1. The van der Waals surface area contributed by atoms with Crippen molar-refractivity contribution in [1.29, 1.82) is 0 Å². The fourth-order valence-corrected chi connectivity index (χ4v) is 2.79. The third-order valence-corrected chi connectivity index (χ3v) is 4.03. The third-order valence-electron chi connectivity index (χ3n) is 1.87. The molecule has 1 heterocycles. The Morgan fingerprint density at radius 1 is 1.46 bits per heavy atom. The van der Waals surface area contributed by atoms with Crippen LogP contribution in [0.15, 0.2) is 18.2 Å². The van der Waals surface area contributed by atoms with Gasteiger partial charge in [0.25, 0.3) is 0 Å². The van der Waals surface area contributed by atoms with Crippen LogP contribution in [-0.2, 0) is 5.33 Å². The van der Waals surface area contributed by atoms with Crippen LogP contribution in [0, 0.1) is 5.82 Å². The average Bonchev–Trinajstić information content (AvgIpc) is 2.45. The molecular weight excluding hydrogens is 253 g/mol. The first-order valence-corrected chi connectivity index (χ1v) is 5.69. The van der Waals surface area contributed by atoms with Crippen LogP contribution in [-0.4, -0.2) is 0 Å². The van der Waals surface area contributed by atoms with Gasteiger partial charge in [0.2, 0.25) is 0 Å². The van der Waals surface area contributed by atoms with Gasteiger partial charge >= 0.3 is 0 Å². The summed E-state index contributed by atoms with van der Waals surface area (Å²) in [6.45, 7) is 0. The van der Waals surface area contributed by atoms with Crippen LogP contribution in [0.3, 0.4) is 0 Å². The summed E-state index contributed by atoms with van der Waals surface area (Å²) < 4.78 is 14.4.